The molecule has 11 rings (SSSR count). The van der Waals surface area contributed by atoms with Crippen LogP contribution in [-0.2, 0) is 26.1 Å². The van der Waals surface area contributed by atoms with E-state index >= 15 is 4.39 Å². The van der Waals surface area contributed by atoms with Crippen molar-refractivity contribution in [3.63, 3.8) is 0 Å². The molecule has 6 fully saturated rings. The summed E-state index contributed by atoms with van der Waals surface area (Å²) < 4.78 is 62.6. The molecule has 17 nitrogen and oxygen atoms in total. The molecule has 2 saturated carbocycles. The Hall–Kier alpha value is -5.60. The monoisotopic (exact) mass is 899 g/mol. The van der Waals surface area contributed by atoms with Crippen LogP contribution in [0.4, 0.5) is 24.7 Å². The fraction of sp³-hybridized carbons (Fsp3) is 0.578. The number of imidazole rings is 1. The van der Waals surface area contributed by atoms with Crippen LogP contribution >= 0.6 is 0 Å². The van der Waals surface area contributed by atoms with Crippen molar-refractivity contribution in [3.05, 3.63) is 70.2 Å². The molecule has 20 heteroatoms. The van der Waals surface area contributed by atoms with Crippen molar-refractivity contribution in [1.29, 1.82) is 0 Å². The maximum atomic E-state index is 15.7. The molecule has 1 aromatic carbocycles. The SMILES string of the molecule is Cn1c(=O)n(C2CCC(=O)NC2=O)c2cccc(C3CC(O[C@H]4CCN(CC5CCC(n6cc(NC(=O)c7cnn8ccc(N9C[C@H]%10C[C@@H]9CO%10)nc78)c(C(F)F)n6)CC5)C[C@H]4F)C3)c21. The van der Waals surface area contributed by atoms with Crippen molar-refractivity contribution < 1.29 is 37.0 Å². The molecule has 8 heterocycles. The van der Waals surface area contributed by atoms with E-state index in [0.29, 0.717) is 55.3 Å². The van der Waals surface area contributed by atoms with Crippen LogP contribution in [0.5, 0.6) is 0 Å². The van der Waals surface area contributed by atoms with Gasteiger partial charge in [-0.15, -0.1) is 0 Å². The maximum Gasteiger partial charge on any atom is 0.329 e. The largest absolute Gasteiger partial charge is 0.374 e. The number of fused-ring (bicyclic) bond motifs is 4. The third-order valence-electron chi connectivity index (χ3n) is 14.8. The fourth-order valence-corrected chi connectivity index (χ4v) is 11.3. The Morgan fingerprint density at radius 2 is 1.86 bits per heavy atom. The summed E-state index contributed by atoms with van der Waals surface area (Å²) in [6.45, 7) is 3.10. The van der Waals surface area contributed by atoms with Gasteiger partial charge in [0.25, 0.3) is 12.3 Å². The number of carbonyl (C=O) groups excluding carboxylic acids is 3. The molecule has 1 unspecified atom stereocenters. The van der Waals surface area contributed by atoms with Crippen LogP contribution in [0.3, 0.4) is 0 Å². The van der Waals surface area contributed by atoms with Crippen molar-refractivity contribution in [3.8, 4) is 0 Å². The van der Waals surface area contributed by atoms with Gasteiger partial charge in [0.2, 0.25) is 11.8 Å². The zero-order valence-corrected chi connectivity index (χ0v) is 36.0. The van der Waals surface area contributed by atoms with E-state index in [0.717, 1.165) is 56.3 Å². The first-order valence-electron chi connectivity index (χ1n) is 22.9. The maximum absolute atomic E-state index is 15.7. The van der Waals surface area contributed by atoms with Crippen molar-refractivity contribution in [1.82, 2.24) is 43.7 Å². The lowest BCUT2D eigenvalue weighted by Crippen LogP contribution is -2.49. The molecular weight excluding hydrogens is 848 g/mol. The van der Waals surface area contributed by atoms with Crippen LogP contribution in [-0.4, -0.2) is 119 Å². The minimum Gasteiger partial charge on any atom is -0.374 e. The molecule has 3 amide bonds. The lowest BCUT2D eigenvalue weighted by molar-refractivity contribution is -0.135. The average Bonchev–Trinajstić information content (AvgIpc) is 4.13. The third-order valence-corrected chi connectivity index (χ3v) is 14.8. The van der Waals surface area contributed by atoms with Crippen molar-refractivity contribution >= 4 is 45.9 Å². The highest BCUT2D eigenvalue weighted by atomic mass is 19.3. The van der Waals surface area contributed by atoms with Crippen LogP contribution in [0, 0.1) is 5.92 Å². The standard InChI is InChI=1S/C45H52F3N11O6/c1-54-40-30(3-2-4-34(40)59(45(54)63)35-9-10-38(60)52-44(35)62)25-15-28(16-25)65-36-11-13-55(21-32(36)46)19-24-5-7-26(8-6-24)58-22-33(39(53-58)41(47)48)50-43(61)31-18-49-57-14-12-37(51-42(31)57)56-20-29-17-27(56)23-64-29/h2-4,12,14,18,22,24-29,32,35-36,41H,5-11,13,15-17,19-21,23H2,1H3,(H,50,61)(H,52,60,62)/t24?,25?,26?,27-,28?,29-,32-,35?,36+/m1/s1. The van der Waals surface area contributed by atoms with Crippen LogP contribution < -0.4 is 21.2 Å². The summed E-state index contributed by atoms with van der Waals surface area (Å²) in [7, 11) is 1.70. The number of aryl methyl sites for hydroxylation is 1. The second-order valence-corrected chi connectivity index (χ2v) is 18.9. The first kappa shape index (κ1) is 42.1. The van der Waals surface area contributed by atoms with Crippen molar-refractivity contribution in [2.45, 2.75) is 119 Å². The van der Waals surface area contributed by atoms with Gasteiger partial charge < -0.3 is 19.7 Å². The number of ether oxygens (including phenoxy) is 2. The van der Waals surface area contributed by atoms with Gasteiger partial charge in [0.05, 0.1) is 59.9 Å². The Kier molecular flexibility index (Phi) is 10.8. The lowest BCUT2D eigenvalue weighted by Gasteiger charge is -2.42. The van der Waals surface area contributed by atoms with E-state index in [1.165, 1.54) is 21.5 Å². The molecule has 4 aromatic heterocycles. The summed E-state index contributed by atoms with van der Waals surface area (Å²) in [6, 6.07) is 6.93. The number of carbonyl (C=O) groups is 3. The number of halogens is 3. The van der Waals surface area contributed by atoms with Gasteiger partial charge >= 0.3 is 5.69 Å². The number of piperidine rings is 2. The Morgan fingerprint density at radius 3 is 2.60 bits per heavy atom. The second kappa shape index (κ2) is 16.7. The Morgan fingerprint density at radius 1 is 1.03 bits per heavy atom. The molecule has 4 saturated heterocycles. The van der Waals surface area contributed by atoms with Gasteiger partial charge in [-0.05, 0) is 87.3 Å². The predicted octanol–water partition coefficient (Wildman–Crippen LogP) is 4.83. The van der Waals surface area contributed by atoms with Crippen LogP contribution in [0.2, 0.25) is 0 Å². The number of amides is 3. The van der Waals surface area contributed by atoms with Crippen LogP contribution in [0.15, 0.2) is 47.7 Å². The number of nitrogens with one attached hydrogen (secondary N) is 2. The van der Waals surface area contributed by atoms with Gasteiger partial charge in [0.1, 0.15) is 23.6 Å². The normalized spacial score (nSPS) is 29.6. The van der Waals surface area contributed by atoms with E-state index in [1.807, 2.05) is 24.3 Å². The van der Waals surface area contributed by atoms with E-state index in [2.05, 4.69) is 30.6 Å². The van der Waals surface area contributed by atoms with Crippen LogP contribution in [0.25, 0.3) is 16.7 Å². The number of aromatic nitrogens is 7. The number of morpholine rings is 1. The van der Waals surface area contributed by atoms with Gasteiger partial charge in [-0.25, -0.2) is 27.5 Å². The number of likely N-dealkylation sites (tertiary alicyclic amines) is 1. The van der Waals surface area contributed by atoms with Gasteiger partial charge in [-0.1, -0.05) is 12.1 Å². The van der Waals surface area contributed by atoms with E-state index < -0.39 is 42.3 Å². The molecule has 0 radical (unpaired) electrons. The highest BCUT2D eigenvalue weighted by molar-refractivity contribution is 6.08. The zero-order valence-electron chi connectivity index (χ0n) is 36.0. The first-order valence-corrected chi connectivity index (χ1v) is 22.9. The average molecular weight is 900 g/mol. The number of anilines is 2. The highest BCUT2D eigenvalue weighted by Crippen LogP contribution is 2.43. The molecule has 2 aliphatic carbocycles. The summed E-state index contributed by atoms with van der Waals surface area (Å²) >= 11 is 0. The molecule has 2 bridgehead atoms. The third kappa shape index (κ3) is 7.69. The molecular formula is C45H52F3N11O6. The molecule has 344 valence electrons. The second-order valence-electron chi connectivity index (χ2n) is 18.9. The quantitative estimate of drug-likeness (QED) is 0.174. The smallest absolute Gasteiger partial charge is 0.329 e. The van der Waals surface area contributed by atoms with E-state index in [9.17, 15) is 28.0 Å². The summed E-state index contributed by atoms with van der Waals surface area (Å²) in [5.74, 6) is -0.238. The molecule has 0 spiro atoms. The molecule has 5 atom stereocenters. The molecule has 4 aliphatic heterocycles. The number of hydrogen-bond donors (Lipinski definition) is 2. The molecule has 6 aliphatic rings. The predicted molar refractivity (Wildman–Crippen MR) is 230 cm³/mol. The molecule has 2 N–H and O–H groups in total. The Labute approximate surface area is 371 Å². The number of imide groups is 1. The van der Waals surface area contributed by atoms with Gasteiger partial charge in [-0.3, -0.25) is 38.4 Å². The van der Waals surface area contributed by atoms with Gasteiger partial charge in [0, 0.05) is 52.0 Å². The number of benzene rings is 1. The first-order chi connectivity index (χ1) is 31.4. The summed E-state index contributed by atoms with van der Waals surface area (Å²) in [5.41, 5.74) is 2.09. The Balaban J connectivity index is 0.663. The topological polar surface area (TPSA) is 175 Å². The number of hydrogen-bond acceptors (Lipinski definition) is 11. The number of nitrogens with zero attached hydrogens (tertiary/aromatic N) is 9. The summed E-state index contributed by atoms with van der Waals surface area (Å²) in [5, 5.41) is 13.6. The van der Waals surface area contributed by atoms with E-state index in [4.69, 9.17) is 14.5 Å². The highest BCUT2D eigenvalue weighted by Gasteiger charge is 2.41. The summed E-state index contributed by atoms with van der Waals surface area (Å²) in [4.78, 5) is 60.5. The van der Waals surface area contributed by atoms with Gasteiger partial charge in [-0.2, -0.15) is 10.2 Å². The van der Waals surface area contributed by atoms with Crippen LogP contribution in [0.1, 0.15) is 110 Å². The molecule has 5 aromatic rings. The number of rotatable bonds is 11. The number of para-hydroxylation sites is 1. The fourth-order valence-electron chi connectivity index (χ4n) is 11.3. The lowest BCUT2D eigenvalue weighted by atomic mass is 9.76. The van der Waals surface area contributed by atoms with Crippen molar-refractivity contribution in [2.75, 3.05) is 43.0 Å². The van der Waals surface area contributed by atoms with E-state index in [-0.39, 0.29) is 72.4 Å². The number of alkyl halides is 3. The van der Waals surface area contributed by atoms with Gasteiger partial charge in [0.15, 0.2) is 11.3 Å². The summed E-state index contributed by atoms with van der Waals surface area (Å²) in [6.07, 6.45) is 6.64. The minimum absolute atomic E-state index is 0.0424. The van der Waals surface area contributed by atoms with E-state index in [1.54, 1.807) is 22.5 Å². The van der Waals surface area contributed by atoms with Crippen molar-refractivity contribution in [2.24, 2.45) is 13.0 Å². The minimum atomic E-state index is -2.89. The Bertz CT molecular complexity index is 2720. The zero-order chi connectivity index (χ0) is 44.7. The molecule has 65 heavy (non-hydrogen) atoms.